The number of hydrogen-bond donors (Lipinski definition) is 1. The van der Waals surface area contributed by atoms with Crippen molar-refractivity contribution >= 4 is 38.9 Å². The molecule has 2 aromatic heterocycles. The molecule has 4 rings (SSSR count). The number of hydrogen-bond acceptors (Lipinski definition) is 5. The fourth-order valence-corrected chi connectivity index (χ4v) is 3.16. The Morgan fingerprint density at radius 2 is 1.92 bits per heavy atom. The van der Waals surface area contributed by atoms with E-state index in [4.69, 9.17) is 11.6 Å². The zero-order valence-electron chi connectivity index (χ0n) is 12.2. The van der Waals surface area contributed by atoms with Gasteiger partial charge in [-0.05, 0) is 24.3 Å². The van der Waals surface area contributed by atoms with Gasteiger partial charge < -0.3 is 0 Å². The molecule has 0 radical (unpaired) electrons. The molecular weight excluding hydrogens is 346 g/mol. The van der Waals surface area contributed by atoms with Crippen LogP contribution >= 0.6 is 22.9 Å². The van der Waals surface area contributed by atoms with E-state index in [9.17, 15) is 4.79 Å². The number of anilines is 1. The maximum absolute atomic E-state index is 12.2. The zero-order valence-corrected chi connectivity index (χ0v) is 13.8. The molecule has 118 valence electrons. The summed E-state index contributed by atoms with van der Waals surface area (Å²) in [6.07, 6.45) is 0. The molecule has 24 heavy (non-hydrogen) atoms. The highest BCUT2D eigenvalue weighted by atomic mass is 35.5. The van der Waals surface area contributed by atoms with Crippen molar-refractivity contribution in [3.8, 4) is 11.4 Å². The maximum atomic E-state index is 12.2. The van der Waals surface area contributed by atoms with Crippen LogP contribution in [0.3, 0.4) is 0 Å². The van der Waals surface area contributed by atoms with Crippen molar-refractivity contribution in [2.24, 2.45) is 0 Å². The molecular formula is C16H10ClN5OS. The van der Waals surface area contributed by atoms with Crippen molar-refractivity contribution in [1.29, 1.82) is 0 Å². The van der Waals surface area contributed by atoms with E-state index in [1.165, 1.54) is 11.3 Å². The lowest BCUT2D eigenvalue weighted by Gasteiger charge is -2.00. The fourth-order valence-electron chi connectivity index (χ4n) is 2.23. The predicted molar refractivity (Wildman–Crippen MR) is 93.5 cm³/mol. The summed E-state index contributed by atoms with van der Waals surface area (Å²) in [5.74, 6) is 0.355. The van der Waals surface area contributed by atoms with Gasteiger partial charge in [0.2, 0.25) is 10.1 Å². The molecule has 6 nitrogen and oxygen atoms in total. The highest BCUT2D eigenvalue weighted by Gasteiger charge is 2.15. The summed E-state index contributed by atoms with van der Waals surface area (Å²) in [6.45, 7) is 0. The molecule has 0 saturated carbocycles. The van der Waals surface area contributed by atoms with E-state index < -0.39 is 0 Å². The van der Waals surface area contributed by atoms with Crippen LogP contribution in [0.15, 0.2) is 54.6 Å². The number of nitrogens with one attached hydrogen (secondary N) is 1. The van der Waals surface area contributed by atoms with Crippen LogP contribution < -0.4 is 5.32 Å². The molecule has 0 fully saturated rings. The summed E-state index contributed by atoms with van der Waals surface area (Å²) in [4.78, 5) is 12.8. The van der Waals surface area contributed by atoms with Gasteiger partial charge in [-0.1, -0.05) is 53.3 Å². The van der Waals surface area contributed by atoms with Gasteiger partial charge in [0.15, 0.2) is 5.82 Å². The molecule has 2 heterocycles. The average Bonchev–Trinajstić information content (AvgIpc) is 3.15. The molecule has 0 aliphatic rings. The van der Waals surface area contributed by atoms with Crippen molar-refractivity contribution in [3.05, 3.63) is 65.2 Å². The maximum Gasteiger partial charge on any atom is 0.257 e. The second-order valence-corrected chi connectivity index (χ2v) is 6.35. The molecule has 0 bridgehead atoms. The van der Waals surface area contributed by atoms with Gasteiger partial charge in [0.25, 0.3) is 5.91 Å². The van der Waals surface area contributed by atoms with E-state index in [1.54, 1.807) is 28.8 Å². The van der Waals surface area contributed by atoms with Crippen LogP contribution in [-0.2, 0) is 0 Å². The Kier molecular flexibility index (Phi) is 3.72. The van der Waals surface area contributed by atoms with E-state index in [0.717, 1.165) is 5.56 Å². The largest absolute Gasteiger partial charge is 0.296 e. The van der Waals surface area contributed by atoms with Crippen LogP contribution in [0.4, 0.5) is 5.13 Å². The average molecular weight is 356 g/mol. The first-order valence-electron chi connectivity index (χ1n) is 7.05. The van der Waals surface area contributed by atoms with Crippen LogP contribution in [0.1, 0.15) is 10.4 Å². The molecule has 0 spiro atoms. The lowest BCUT2D eigenvalue weighted by atomic mass is 10.2. The minimum absolute atomic E-state index is 0.218. The summed E-state index contributed by atoms with van der Waals surface area (Å²) in [6, 6.07) is 16.3. The molecule has 0 atom stereocenters. The summed E-state index contributed by atoms with van der Waals surface area (Å²) in [5, 5.41) is 16.5. The van der Waals surface area contributed by atoms with Gasteiger partial charge in [0.05, 0.1) is 0 Å². The van der Waals surface area contributed by atoms with Crippen LogP contribution in [0.5, 0.6) is 0 Å². The highest BCUT2D eigenvalue weighted by molar-refractivity contribution is 7.20. The Morgan fingerprint density at radius 3 is 2.71 bits per heavy atom. The van der Waals surface area contributed by atoms with Gasteiger partial charge >= 0.3 is 0 Å². The summed E-state index contributed by atoms with van der Waals surface area (Å²) in [7, 11) is 0. The first kappa shape index (κ1) is 14.8. The number of halogens is 1. The third kappa shape index (κ3) is 2.75. The Labute approximate surface area is 145 Å². The Hall–Kier alpha value is -2.77. The lowest BCUT2D eigenvalue weighted by Crippen LogP contribution is -2.11. The third-order valence-electron chi connectivity index (χ3n) is 3.33. The molecule has 8 heteroatoms. The van der Waals surface area contributed by atoms with E-state index in [1.807, 2.05) is 30.3 Å². The van der Waals surface area contributed by atoms with Crippen molar-refractivity contribution in [1.82, 2.24) is 19.8 Å². The van der Waals surface area contributed by atoms with Gasteiger partial charge in [-0.25, -0.2) is 0 Å². The number of fused-ring (bicyclic) bond motifs is 1. The van der Waals surface area contributed by atoms with Gasteiger partial charge in [-0.15, -0.1) is 15.3 Å². The highest BCUT2D eigenvalue weighted by Crippen LogP contribution is 2.25. The SMILES string of the molecule is O=C(Nc1nn2c(-c3cccc(Cl)c3)nnc2s1)c1ccccc1. The number of aromatic nitrogens is 4. The van der Waals surface area contributed by atoms with Crippen LogP contribution in [-0.4, -0.2) is 25.7 Å². The van der Waals surface area contributed by atoms with E-state index in [-0.39, 0.29) is 5.91 Å². The number of nitrogens with zero attached hydrogens (tertiary/aromatic N) is 4. The Morgan fingerprint density at radius 1 is 1.08 bits per heavy atom. The Bertz CT molecular complexity index is 1030. The van der Waals surface area contributed by atoms with Gasteiger partial charge in [0, 0.05) is 16.1 Å². The molecule has 0 aliphatic heterocycles. The van der Waals surface area contributed by atoms with Gasteiger partial charge in [0.1, 0.15) is 0 Å². The van der Waals surface area contributed by atoms with Crippen molar-refractivity contribution in [2.75, 3.05) is 5.32 Å². The van der Waals surface area contributed by atoms with Crippen LogP contribution in [0, 0.1) is 0 Å². The first-order chi connectivity index (χ1) is 11.7. The van der Waals surface area contributed by atoms with Gasteiger partial charge in [-0.3, -0.25) is 10.1 Å². The van der Waals surface area contributed by atoms with Crippen LogP contribution in [0.25, 0.3) is 16.3 Å². The normalized spacial score (nSPS) is 10.9. The van der Waals surface area contributed by atoms with E-state index in [2.05, 4.69) is 20.6 Å². The van der Waals surface area contributed by atoms with Crippen molar-refractivity contribution in [3.63, 3.8) is 0 Å². The second kappa shape index (κ2) is 6.03. The molecule has 2 aromatic carbocycles. The molecule has 1 amide bonds. The first-order valence-corrected chi connectivity index (χ1v) is 8.25. The standard InChI is InChI=1S/C16H10ClN5OS/c17-12-8-4-7-11(9-12)13-19-20-16-22(13)21-15(24-16)18-14(23)10-5-2-1-3-6-10/h1-9H,(H,18,21,23). The van der Waals surface area contributed by atoms with Crippen molar-refractivity contribution < 1.29 is 4.79 Å². The van der Waals surface area contributed by atoms with Crippen LogP contribution in [0.2, 0.25) is 5.02 Å². The summed E-state index contributed by atoms with van der Waals surface area (Å²) >= 11 is 7.28. The number of rotatable bonds is 3. The Balaban J connectivity index is 1.66. The number of benzene rings is 2. The molecule has 0 saturated heterocycles. The number of carbonyl (C=O) groups is 1. The molecule has 1 N–H and O–H groups in total. The summed E-state index contributed by atoms with van der Waals surface area (Å²) in [5.41, 5.74) is 1.37. The fraction of sp³-hybridized carbons (Fsp3) is 0. The minimum atomic E-state index is -0.218. The topological polar surface area (TPSA) is 72.2 Å². The lowest BCUT2D eigenvalue weighted by molar-refractivity contribution is 0.102. The van der Waals surface area contributed by atoms with Crippen molar-refractivity contribution in [2.45, 2.75) is 0 Å². The predicted octanol–water partition coefficient (Wildman–Crippen LogP) is 3.76. The van der Waals surface area contributed by atoms with E-state index >= 15 is 0 Å². The summed E-state index contributed by atoms with van der Waals surface area (Å²) < 4.78 is 1.59. The molecule has 0 aliphatic carbocycles. The second-order valence-electron chi connectivity index (χ2n) is 4.96. The molecule has 4 aromatic rings. The van der Waals surface area contributed by atoms with E-state index in [0.29, 0.717) is 26.5 Å². The quantitative estimate of drug-likeness (QED) is 0.607. The third-order valence-corrected chi connectivity index (χ3v) is 4.38. The molecule has 0 unspecified atom stereocenters. The zero-order chi connectivity index (χ0) is 16.5. The minimum Gasteiger partial charge on any atom is -0.296 e. The number of carbonyl (C=O) groups excluding carboxylic acids is 1. The monoisotopic (exact) mass is 355 g/mol. The smallest absolute Gasteiger partial charge is 0.257 e. The van der Waals surface area contributed by atoms with Gasteiger partial charge in [-0.2, -0.15) is 4.52 Å². The number of amides is 1.